The number of piperidine rings is 1. The highest BCUT2D eigenvalue weighted by atomic mass is 35.5. The maximum absolute atomic E-state index is 13.8. The predicted octanol–water partition coefficient (Wildman–Crippen LogP) is 5.49. The molecule has 2 aliphatic heterocycles. The van der Waals surface area contributed by atoms with Crippen LogP contribution in [0.2, 0.25) is 5.28 Å². The molecule has 1 aromatic carbocycles. The average molecular weight is 629 g/mol. The van der Waals surface area contributed by atoms with Crippen LogP contribution in [0, 0.1) is 10.1 Å². The number of nitro benzene ring substituents is 1. The van der Waals surface area contributed by atoms with Crippen molar-refractivity contribution in [1.82, 2.24) is 19.8 Å². The number of halogens is 4. The number of benzene rings is 1. The minimum atomic E-state index is -4.79. The number of hydrogen-bond acceptors (Lipinski definition) is 9. The van der Waals surface area contributed by atoms with E-state index in [1.807, 2.05) is 0 Å². The second kappa shape index (κ2) is 11.8. The lowest BCUT2D eigenvalue weighted by molar-refractivity contribution is -0.385. The van der Waals surface area contributed by atoms with Gasteiger partial charge in [-0.2, -0.15) is 13.2 Å². The van der Waals surface area contributed by atoms with Gasteiger partial charge in [0.1, 0.15) is 17.0 Å². The number of carbonyl (C=O) groups excluding carboxylic acids is 2. The van der Waals surface area contributed by atoms with Crippen LogP contribution in [-0.2, 0) is 33.5 Å². The normalized spacial score (nSPS) is 17.3. The molecule has 2 aliphatic rings. The first-order valence-electron chi connectivity index (χ1n) is 13.4. The summed E-state index contributed by atoms with van der Waals surface area (Å²) in [7, 11) is 1.43. The monoisotopic (exact) mass is 628 g/mol. The molecule has 1 saturated heterocycles. The number of nitrogens with one attached hydrogen (secondary N) is 1. The van der Waals surface area contributed by atoms with Gasteiger partial charge in [0.05, 0.1) is 35.3 Å². The number of ether oxygens (including phenoxy) is 2. The summed E-state index contributed by atoms with van der Waals surface area (Å²) in [5.74, 6) is -0.135. The number of nitro groups is 1. The van der Waals surface area contributed by atoms with Crippen molar-refractivity contribution in [3.8, 4) is 0 Å². The van der Waals surface area contributed by atoms with Crippen molar-refractivity contribution in [3.05, 3.63) is 56.0 Å². The highest BCUT2D eigenvalue weighted by Gasteiger charge is 2.47. The minimum absolute atomic E-state index is 0.00558. The Morgan fingerprint density at radius 2 is 1.77 bits per heavy atom. The molecule has 1 N–H and O–H groups in total. The van der Waals surface area contributed by atoms with Gasteiger partial charge in [0, 0.05) is 50.7 Å². The van der Waals surface area contributed by atoms with Crippen molar-refractivity contribution in [2.45, 2.75) is 77.0 Å². The molecule has 2 amide bonds. The summed E-state index contributed by atoms with van der Waals surface area (Å²) in [6.07, 6.45) is -4.80. The SMILES string of the molecule is COC1(C(=O)N2Cc3nc(Cl)nc(N[C@H](C)c4cc([N+](=O)[O-])cc(C(F)(F)F)c4)c3C2)CCN(C(=O)OC(C)(C)C)CC1. The van der Waals surface area contributed by atoms with E-state index in [0.717, 1.165) is 12.1 Å². The zero-order chi connectivity index (χ0) is 31.9. The first-order valence-corrected chi connectivity index (χ1v) is 13.8. The summed E-state index contributed by atoms with van der Waals surface area (Å²) in [6, 6.07) is 1.50. The highest BCUT2D eigenvalue weighted by Crippen LogP contribution is 2.37. The molecule has 12 nitrogen and oxygen atoms in total. The van der Waals surface area contributed by atoms with E-state index in [-0.39, 0.29) is 61.6 Å². The van der Waals surface area contributed by atoms with E-state index < -0.39 is 45.7 Å². The van der Waals surface area contributed by atoms with Gasteiger partial charge in [-0.25, -0.2) is 14.8 Å². The van der Waals surface area contributed by atoms with E-state index >= 15 is 0 Å². The number of rotatable bonds is 6. The number of hydrogen-bond donors (Lipinski definition) is 1. The molecular formula is C27H32ClF3N6O6. The number of carbonyl (C=O) groups is 2. The molecule has 1 fully saturated rings. The van der Waals surface area contributed by atoms with Crippen LogP contribution in [0.15, 0.2) is 18.2 Å². The number of non-ortho nitro benzene ring substituents is 1. The minimum Gasteiger partial charge on any atom is -0.444 e. The van der Waals surface area contributed by atoms with Gasteiger partial charge in [-0.05, 0) is 50.9 Å². The third kappa shape index (κ3) is 7.09. The fraction of sp³-hybridized carbons (Fsp3) is 0.556. The van der Waals surface area contributed by atoms with Crippen LogP contribution in [0.25, 0.3) is 0 Å². The summed E-state index contributed by atoms with van der Waals surface area (Å²) in [5, 5.41) is 14.1. The van der Waals surface area contributed by atoms with E-state index in [1.54, 1.807) is 20.8 Å². The smallest absolute Gasteiger partial charge is 0.416 e. The molecule has 0 bridgehead atoms. The zero-order valence-electron chi connectivity index (χ0n) is 24.2. The Bertz CT molecular complexity index is 1430. The molecule has 234 valence electrons. The third-order valence-electron chi connectivity index (χ3n) is 7.38. The van der Waals surface area contributed by atoms with Gasteiger partial charge < -0.3 is 24.6 Å². The predicted molar refractivity (Wildman–Crippen MR) is 148 cm³/mol. The maximum atomic E-state index is 13.8. The number of fused-ring (bicyclic) bond motifs is 1. The molecule has 1 atom stereocenters. The van der Waals surface area contributed by atoms with E-state index in [2.05, 4.69) is 15.3 Å². The van der Waals surface area contributed by atoms with Gasteiger partial charge >= 0.3 is 12.3 Å². The number of methoxy groups -OCH3 is 1. The molecule has 0 aliphatic carbocycles. The number of alkyl halides is 3. The summed E-state index contributed by atoms with van der Waals surface area (Å²) in [4.78, 5) is 48.2. The molecule has 0 unspecified atom stereocenters. The van der Waals surface area contributed by atoms with Gasteiger partial charge in [-0.15, -0.1) is 0 Å². The lowest BCUT2D eigenvalue weighted by Crippen LogP contribution is -2.56. The highest BCUT2D eigenvalue weighted by molar-refractivity contribution is 6.28. The lowest BCUT2D eigenvalue weighted by atomic mass is 9.89. The van der Waals surface area contributed by atoms with Gasteiger partial charge in [0.25, 0.3) is 11.6 Å². The Labute approximate surface area is 250 Å². The van der Waals surface area contributed by atoms with E-state index in [9.17, 15) is 32.9 Å². The number of aromatic nitrogens is 2. The van der Waals surface area contributed by atoms with Crippen molar-refractivity contribution in [2.24, 2.45) is 0 Å². The first-order chi connectivity index (χ1) is 19.9. The lowest BCUT2D eigenvalue weighted by Gasteiger charge is -2.41. The van der Waals surface area contributed by atoms with Gasteiger partial charge in [-0.3, -0.25) is 14.9 Å². The van der Waals surface area contributed by atoms with E-state index in [4.69, 9.17) is 21.1 Å². The molecule has 4 rings (SSSR count). The van der Waals surface area contributed by atoms with Gasteiger partial charge in [0.2, 0.25) is 5.28 Å². The molecule has 2 aromatic rings. The number of likely N-dealkylation sites (tertiary alicyclic amines) is 1. The van der Waals surface area contributed by atoms with Crippen molar-refractivity contribution >= 4 is 35.1 Å². The fourth-order valence-corrected chi connectivity index (χ4v) is 5.29. The quantitative estimate of drug-likeness (QED) is 0.250. The number of anilines is 1. The van der Waals surface area contributed by atoms with Crippen molar-refractivity contribution < 1.29 is 37.2 Å². The van der Waals surface area contributed by atoms with Crippen LogP contribution in [0.4, 0.5) is 29.5 Å². The second-order valence-corrected chi connectivity index (χ2v) is 11.9. The van der Waals surface area contributed by atoms with Crippen molar-refractivity contribution in [3.63, 3.8) is 0 Å². The Morgan fingerprint density at radius 1 is 1.12 bits per heavy atom. The van der Waals surface area contributed by atoms with Crippen LogP contribution in [-0.4, -0.2) is 68.1 Å². The average Bonchev–Trinajstić information content (AvgIpc) is 3.35. The molecular weight excluding hydrogens is 597 g/mol. The van der Waals surface area contributed by atoms with Crippen LogP contribution >= 0.6 is 11.6 Å². The van der Waals surface area contributed by atoms with Crippen LogP contribution in [0.1, 0.15) is 69.0 Å². The molecule has 0 spiro atoms. The summed E-state index contributed by atoms with van der Waals surface area (Å²) >= 11 is 6.15. The fourth-order valence-electron chi connectivity index (χ4n) is 5.10. The van der Waals surface area contributed by atoms with Gasteiger partial charge in [-0.1, -0.05) is 0 Å². The zero-order valence-corrected chi connectivity index (χ0v) is 25.0. The molecule has 3 heterocycles. The topological polar surface area (TPSA) is 140 Å². The number of amides is 2. The first kappa shape index (κ1) is 32.2. The molecule has 0 radical (unpaired) electrons. The van der Waals surface area contributed by atoms with E-state index in [1.165, 1.54) is 23.8 Å². The van der Waals surface area contributed by atoms with Crippen LogP contribution in [0.3, 0.4) is 0 Å². The summed E-state index contributed by atoms with van der Waals surface area (Å²) in [5.41, 5.74) is -2.77. The number of nitrogens with zero attached hydrogens (tertiary/aromatic N) is 5. The molecule has 16 heteroatoms. The molecule has 43 heavy (non-hydrogen) atoms. The maximum Gasteiger partial charge on any atom is 0.416 e. The Hall–Kier alpha value is -3.72. The summed E-state index contributed by atoms with van der Waals surface area (Å²) in [6.45, 7) is 7.46. The van der Waals surface area contributed by atoms with Crippen molar-refractivity contribution in [1.29, 1.82) is 0 Å². The Morgan fingerprint density at radius 3 is 2.33 bits per heavy atom. The third-order valence-corrected chi connectivity index (χ3v) is 7.55. The van der Waals surface area contributed by atoms with Crippen LogP contribution < -0.4 is 5.32 Å². The van der Waals surface area contributed by atoms with Gasteiger partial charge in [0.15, 0.2) is 0 Å². The standard InChI is InChI=1S/C27H32ClF3N6O6/c1-15(16-10-17(27(29,30)31)12-18(11-16)37(40)41)32-21-19-13-36(14-20(19)33-23(28)34-21)22(38)26(42-5)6-8-35(9-7-26)24(39)43-25(2,3)4/h10-12,15H,6-9,13-14H2,1-5H3,(H,32,33,34)/t15-/m1/s1. The van der Waals surface area contributed by atoms with Crippen LogP contribution in [0.5, 0.6) is 0 Å². The Kier molecular flexibility index (Phi) is 8.80. The Balaban J connectivity index is 1.53. The molecule has 1 aromatic heterocycles. The second-order valence-electron chi connectivity index (χ2n) is 11.5. The molecule has 0 saturated carbocycles. The summed E-state index contributed by atoms with van der Waals surface area (Å²) < 4.78 is 51.5. The van der Waals surface area contributed by atoms with E-state index in [0.29, 0.717) is 17.3 Å². The largest absolute Gasteiger partial charge is 0.444 e. The van der Waals surface area contributed by atoms with Crippen molar-refractivity contribution in [2.75, 3.05) is 25.5 Å².